The molecule has 2 aliphatic heterocycles. The topological polar surface area (TPSA) is 93.1 Å². The molecule has 0 saturated heterocycles. The summed E-state index contributed by atoms with van der Waals surface area (Å²) in [5, 5.41) is 20.9. The van der Waals surface area contributed by atoms with E-state index in [1.165, 1.54) is 16.8 Å². The lowest BCUT2D eigenvalue weighted by atomic mass is 9.90. The maximum absolute atomic E-state index is 12.8. The average Bonchev–Trinajstić information content (AvgIpc) is 2.75. The molecule has 0 spiro atoms. The molecule has 0 fully saturated rings. The molecule has 3 heterocycles. The van der Waals surface area contributed by atoms with Crippen molar-refractivity contribution in [2.75, 3.05) is 23.3 Å². The van der Waals surface area contributed by atoms with Crippen LogP contribution in [0.1, 0.15) is 39.9 Å². The highest BCUT2D eigenvalue weighted by Gasteiger charge is 2.27. The Morgan fingerprint density at radius 1 is 1.14 bits per heavy atom. The molecule has 144 valence electrons. The van der Waals surface area contributed by atoms with E-state index in [0.717, 1.165) is 49.7 Å². The lowest BCUT2D eigenvalue weighted by molar-refractivity contribution is 0.102. The second-order valence-corrected chi connectivity index (χ2v) is 7.61. The van der Waals surface area contributed by atoms with E-state index in [0.29, 0.717) is 11.3 Å². The maximum atomic E-state index is 12.8. The average molecular weight is 384 g/mol. The minimum Gasteiger partial charge on any atom is -0.438 e. The molecular formula is C23H20N4O2. The van der Waals surface area contributed by atoms with Crippen molar-refractivity contribution in [1.82, 2.24) is 0 Å². The second kappa shape index (κ2) is 6.78. The number of hydrogen-bond donors (Lipinski definition) is 2. The summed E-state index contributed by atoms with van der Waals surface area (Å²) < 4.78 is 5.89. The number of hydrogen-bond acceptors (Lipinski definition) is 5. The van der Waals surface area contributed by atoms with Crippen LogP contribution in [0.4, 0.5) is 11.4 Å². The summed E-state index contributed by atoms with van der Waals surface area (Å²) in [4.78, 5) is 15.2. The third-order valence-electron chi connectivity index (χ3n) is 5.77. The maximum Gasteiger partial charge on any atom is 0.261 e. The third kappa shape index (κ3) is 2.95. The van der Waals surface area contributed by atoms with E-state index in [2.05, 4.69) is 22.4 Å². The molecule has 2 N–H and O–H groups in total. The SMILES string of the molecule is N#Cc1ccc(NC(=O)c2cc3cc4c5c(c3oc2=N)CCCN5CCC4)cc1. The van der Waals surface area contributed by atoms with Gasteiger partial charge in [-0.2, -0.15) is 5.26 Å². The molecule has 0 radical (unpaired) electrons. The van der Waals surface area contributed by atoms with Crippen LogP contribution in [-0.2, 0) is 12.8 Å². The summed E-state index contributed by atoms with van der Waals surface area (Å²) in [5.74, 6) is -0.390. The van der Waals surface area contributed by atoms with E-state index in [-0.39, 0.29) is 11.1 Å². The zero-order valence-electron chi connectivity index (χ0n) is 15.9. The van der Waals surface area contributed by atoms with Gasteiger partial charge in [-0.05, 0) is 67.6 Å². The minimum absolute atomic E-state index is 0.132. The van der Waals surface area contributed by atoms with Crippen molar-refractivity contribution in [2.45, 2.75) is 25.7 Å². The van der Waals surface area contributed by atoms with Crippen LogP contribution in [0.3, 0.4) is 0 Å². The lowest BCUT2D eigenvalue weighted by Crippen LogP contribution is -2.34. The van der Waals surface area contributed by atoms with Crippen LogP contribution >= 0.6 is 0 Å². The molecule has 1 amide bonds. The van der Waals surface area contributed by atoms with Crippen molar-refractivity contribution in [3.63, 3.8) is 0 Å². The monoisotopic (exact) mass is 384 g/mol. The number of anilines is 2. The first-order valence-corrected chi connectivity index (χ1v) is 9.88. The van der Waals surface area contributed by atoms with Crippen molar-refractivity contribution in [3.05, 3.63) is 64.2 Å². The number of nitrogens with zero attached hydrogens (tertiary/aromatic N) is 2. The fraction of sp³-hybridized carbons (Fsp3) is 0.261. The molecule has 0 saturated carbocycles. The first kappa shape index (κ1) is 17.5. The summed E-state index contributed by atoms with van der Waals surface area (Å²) in [6, 6.07) is 12.6. The molecule has 6 nitrogen and oxygen atoms in total. The van der Waals surface area contributed by atoms with Crippen molar-refractivity contribution in [1.29, 1.82) is 10.7 Å². The van der Waals surface area contributed by atoms with E-state index >= 15 is 0 Å². The van der Waals surface area contributed by atoms with Crippen molar-refractivity contribution in [3.8, 4) is 6.07 Å². The standard InChI is InChI=1S/C23H20N4O2/c24-13-14-5-7-17(8-6-14)26-23(28)19-12-16-11-15-3-1-9-27-10-2-4-18(20(15)27)21(16)29-22(19)25/h5-8,11-12,25H,1-4,9-10H2,(H,26,28). The van der Waals surface area contributed by atoms with Crippen LogP contribution in [0, 0.1) is 16.7 Å². The highest BCUT2D eigenvalue weighted by atomic mass is 16.3. The smallest absolute Gasteiger partial charge is 0.261 e. The number of aryl methyl sites for hydroxylation is 2. The Morgan fingerprint density at radius 3 is 2.66 bits per heavy atom. The zero-order valence-corrected chi connectivity index (χ0v) is 15.9. The number of nitriles is 1. The Kier molecular flexibility index (Phi) is 4.09. The van der Waals surface area contributed by atoms with Crippen LogP contribution in [0.5, 0.6) is 0 Å². The molecule has 1 aromatic heterocycles. The molecule has 0 unspecified atom stereocenters. The molecular weight excluding hydrogens is 364 g/mol. The van der Waals surface area contributed by atoms with E-state index in [1.807, 2.05) is 0 Å². The van der Waals surface area contributed by atoms with Gasteiger partial charge in [0.05, 0.1) is 11.6 Å². The van der Waals surface area contributed by atoms with Gasteiger partial charge in [0.1, 0.15) is 11.1 Å². The van der Waals surface area contributed by atoms with Crippen molar-refractivity contribution < 1.29 is 9.21 Å². The predicted molar refractivity (Wildman–Crippen MR) is 110 cm³/mol. The van der Waals surface area contributed by atoms with Gasteiger partial charge in [-0.3, -0.25) is 10.2 Å². The molecule has 29 heavy (non-hydrogen) atoms. The first-order chi connectivity index (χ1) is 14.1. The Bertz CT molecular complexity index is 1230. The van der Waals surface area contributed by atoms with E-state index in [1.54, 1.807) is 30.3 Å². The molecule has 3 aromatic rings. The van der Waals surface area contributed by atoms with Crippen LogP contribution in [0.25, 0.3) is 11.0 Å². The quantitative estimate of drug-likeness (QED) is 0.704. The van der Waals surface area contributed by atoms with Gasteiger partial charge in [-0.15, -0.1) is 0 Å². The van der Waals surface area contributed by atoms with Crippen molar-refractivity contribution in [2.24, 2.45) is 0 Å². The normalized spacial score (nSPS) is 14.9. The Morgan fingerprint density at radius 2 is 1.90 bits per heavy atom. The van der Waals surface area contributed by atoms with Crippen LogP contribution in [0.2, 0.25) is 0 Å². The van der Waals surface area contributed by atoms with Gasteiger partial charge >= 0.3 is 0 Å². The second-order valence-electron chi connectivity index (χ2n) is 7.61. The van der Waals surface area contributed by atoms with Gasteiger partial charge in [0, 0.05) is 35.4 Å². The largest absolute Gasteiger partial charge is 0.438 e. The summed E-state index contributed by atoms with van der Waals surface area (Å²) in [7, 11) is 0. The molecule has 5 rings (SSSR count). The molecule has 0 bridgehead atoms. The van der Waals surface area contributed by atoms with Gasteiger partial charge in [0.2, 0.25) is 5.55 Å². The van der Waals surface area contributed by atoms with Crippen molar-refractivity contribution >= 4 is 28.3 Å². The van der Waals surface area contributed by atoms with E-state index in [4.69, 9.17) is 15.1 Å². The Balaban J connectivity index is 1.56. The van der Waals surface area contributed by atoms with E-state index < -0.39 is 5.91 Å². The number of fused-ring (bicyclic) bond motifs is 2. The Hall–Kier alpha value is -3.59. The molecule has 2 aromatic carbocycles. The van der Waals surface area contributed by atoms with Crippen LogP contribution < -0.4 is 15.8 Å². The summed E-state index contributed by atoms with van der Waals surface area (Å²) in [6.07, 6.45) is 4.19. The van der Waals surface area contributed by atoms with Gasteiger partial charge in [0.15, 0.2) is 0 Å². The minimum atomic E-state index is -0.390. The van der Waals surface area contributed by atoms with Gasteiger partial charge in [0.25, 0.3) is 5.91 Å². The number of benzene rings is 2. The van der Waals surface area contributed by atoms with Gasteiger partial charge in [-0.25, -0.2) is 0 Å². The molecule has 6 heteroatoms. The summed E-state index contributed by atoms with van der Waals surface area (Å²) in [6.45, 7) is 2.15. The number of rotatable bonds is 2. The van der Waals surface area contributed by atoms with Gasteiger partial charge < -0.3 is 14.6 Å². The number of carbonyl (C=O) groups is 1. The van der Waals surface area contributed by atoms with E-state index in [9.17, 15) is 4.79 Å². The fourth-order valence-corrected chi connectivity index (χ4v) is 4.46. The summed E-state index contributed by atoms with van der Waals surface area (Å²) >= 11 is 0. The molecule has 0 atom stereocenters. The number of nitrogens with one attached hydrogen (secondary N) is 2. The first-order valence-electron chi connectivity index (χ1n) is 9.88. The lowest BCUT2D eigenvalue weighted by Gasteiger charge is -2.37. The fourth-order valence-electron chi connectivity index (χ4n) is 4.46. The number of amides is 1. The zero-order chi connectivity index (χ0) is 20.0. The van der Waals surface area contributed by atoms with Gasteiger partial charge in [-0.1, -0.05) is 0 Å². The third-order valence-corrected chi connectivity index (χ3v) is 5.77. The highest BCUT2D eigenvalue weighted by Crippen LogP contribution is 2.39. The van der Waals surface area contributed by atoms with Crippen LogP contribution in [-0.4, -0.2) is 19.0 Å². The number of carbonyl (C=O) groups excluding carboxylic acids is 1. The predicted octanol–water partition coefficient (Wildman–Crippen LogP) is 3.74. The van der Waals surface area contributed by atoms with Crippen LogP contribution in [0.15, 0.2) is 40.8 Å². The molecule has 0 aliphatic carbocycles. The molecule has 2 aliphatic rings. The summed E-state index contributed by atoms with van der Waals surface area (Å²) in [5.41, 5.74) is 5.68. The highest BCUT2D eigenvalue weighted by molar-refractivity contribution is 6.05. The Labute approximate surface area is 167 Å².